The van der Waals surface area contributed by atoms with Gasteiger partial charge in [0.2, 0.25) is 5.91 Å². The topological polar surface area (TPSA) is 149 Å². The second-order valence-corrected chi connectivity index (χ2v) is 27.5. The molecule has 7 atom stereocenters. The predicted octanol–water partition coefficient (Wildman–Crippen LogP) is 22.8. The molecule has 1 fully saturated rings. The van der Waals surface area contributed by atoms with Gasteiger partial charge in [-0.1, -0.05) is 388 Å². The summed E-state index contributed by atoms with van der Waals surface area (Å²) in [4.78, 5) is 13.2. The molecule has 536 valence electrons. The molecular weight excluding hydrogens is 1140 g/mol. The van der Waals surface area contributed by atoms with Crippen molar-refractivity contribution < 1.29 is 39.8 Å². The highest BCUT2D eigenvalue weighted by Crippen LogP contribution is 2.24. The highest BCUT2D eigenvalue weighted by Gasteiger charge is 2.44. The molecule has 7 unspecified atom stereocenters. The van der Waals surface area contributed by atoms with Gasteiger partial charge in [-0.3, -0.25) is 4.79 Å². The van der Waals surface area contributed by atoms with Gasteiger partial charge in [-0.05, 0) is 70.6 Å². The third kappa shape index (κ3) is 58.7. The molecule has 0 radical (unpaired) electrons. The molecule has 1 amide bonds. The summed E-state index contributed by atoms with van der Waals surface area (Å²) in [6.45, 7) is 3.72. The van der Waals surface area contributed by atoms with Gasteiger partial charge in [0.1, 0.15) is 24.4 Å². The van der Waals surface area contributed by atoms with Gasteiger partial charge in [-0.15, -0.1) is 0 Å². The van der Waals surface area contributed by atoms with Gasteiger partial charge in [0.15, 0.2) is 6.29 Å². The van der Waals surface area contributed by atoms with E-state index in [0.29, 0.717) is 6.42 Å². The number of nitrogens with one attached hydrogen (secondary N) is 1. The van der Waals surface area contributed by atoms with E-state index >= 15 is 0 Å². The van der Waals surface area contributed by atoms with Crippen molar-refractivity contribution in [3.05, 3.63) is 85.1 Å². The zero-order valence-electron chi connectivity index (χ0n) is 60.3. The second kappa shape index (κ2) is 71.2. The van der Waals surface area contributed by atoms with Crippen molar-refractivity contribution in [1.82, 2.24) is 5.32 Å². The maximum absolute atomic E-state index is 13.2. The Labute approximate surface area is 569 Å². The molecular formula is C83H151NO8. The zero-order chi connectivity index (χ0) is 66.4. The number of hydrogen-bond donors (Lipinski definition) is 6. The molecule has 1 aliphatic heterocycles. The summed E-state index contributed by atoms with van der Waals surface area (Å²) in [5, 5.41) is 54.9. The maximum atomic E-state index is 13.2. The molecule has 0 bridgehead atoms. The third-order valence-corrected chi connectivity index (χ3v) is 18.7. The molecule has 1 saturated heterocycles. The van der Waals surface area contributed by atoms with Crippen molar-refractivity contribution in [3.8, 4) is 0 Å². The summed E-state index contributed by atoms with van der Waals surface area (Å²) in [5.41, 5.74) is 0. The lowest BCUT2D eigenvalue weighted by molar-refractivity contribution is -0.302. The molecule has 1 rings (SSSR count). The van der Waals surface area contributed by atoms with Crippen LogP contribution in [0.2, 0.25) is 0 Å². The number of amides is 1. The first kappa shape index (κ1) is 87.4. The fourth-order valence-corrected chi connectivity index (χ4v) is 12.6. The van der Waals surface area contributed by atoms with Gasteiger partial charge < -0.3 is 40.3 Å². The molecule has 0 aromatic carbocycles. The van der Waals surface area contributed by atoms with E-state index in [0.717, 1.165) is 77.0 Å². The Morgan fingerprint density at radius 1 is 0.380 bits per heavy atom. The zero-order valence-corrected chi connectivity index (χ0v) is 60.3. The van der Waals surface area contributed by atoms with Gasteiger partial charge in [0.25, 0.3) is 0 Å². The van der Waals surface area contributed by atoms with Crippen molar-refractivity contribution in [2.45, 2.75) is 423 Å². The number of hydrogen-bond acceptors (Lipinski definition) is 8. The van der Waals surface area contributed by atoms with Crippen LogP contribution in [0.4, 0.5) is 0 Å². The van der Waals surface area contributed by atoms with Gasteiger partial charge in [-0.25, -0.2) is 0 Å². The number of aliphatic hydroxyl groups excluding tert-OH is 5. The molecule has 1 aliphatic rings. The molecule has 0 spiro atoms. The first-order valence-corrected chi connectivity index (χ1v) is 39.8. The highest BCUT2D eigenvalue weighted by molar-refractivity contribution is 5.76. The summed E-state index contributed by atoms with van der Waals surface area (Å²) >= 11 is 0. The first-order valence-electron chi connectivity index (χ1n) is 39.8. The van der Waals surface area contributed by atoms with Gasteiger partial charge in [-0.2, -0.15) is 0 Å². The number of allylic oxidation sites excluding steroid dienone is 13. The predicted molar refractivity (Wildman–Crippen MR) is 396 cm³/mol. The first-order chi connectivity index (χ1) is 45.3. The van der Waals surface area contributed by atoms with E-state index in [1.54, 1.807) is 6.08 Å². The van der Waals surface area contributed by atoms with Crippen molar-refractivity contribution >= 4 is 5.91 Å². The van der Waals surface area contributed by atoms with Crippen molar-refractivity contribution in [2.24, 2.45) is 0 Å². The van der Waals surface area contributed by atoms with Gasteiger partial charge in [0.05, 0.1) is 25.4 Å². The third-order valence-electron chi connectivity index (χ3n) is 18.7. The normalized spacial score (nSPS) is 18.1. The standard InChI is InChI=1S/C83H151NO8/c1-3-5-7-9-11-13-15-17-19-21-23-25-27-29-31-33-35-37-38-39-40-41-43-45-47-49-51-53-55-57-59-61-63-65-67-69-71-73-79(87)84-76(75-91-83-82(90)81(89)80(88)78(74-85)92-83)77(86)72-70-68-66-64-62-60-58-56-54-52-50-48-46-44-42-36-34-32-30-28-26-24-22-20-18-16-14-12-10-8-6-4-2/h5,7,11,13,17,19,23,25,29,31,35,37,70,72,76-78,80-83,85-86,88-90H,3-4,6,8-10,12,14-16,18,20-22,24,26-28,30,32-34,36,38-69,71,73-75H2,1-2H3,(H,84,87)/b7-5-,13-11-,19-17-,25-23-,31-29-,37-35-,72-70+. The van der Waals surface area contributed by atoms with Crippen LogP contribution in [0.3, 0.4) is 0 Å². The van der Waals surface area contributed by atoms with E-state index in [1.165, 1.54) is 283 Å². The molecule has 9 nitrogen and oxygen atoms in total. The molecule has 92 heavy (non-hydrogen) atoms. The van der Waals surface area contributed by atoms with E-state index in [9.17, 15) is 30.3 Å². The Balaban J connectivity index is 2.08. The van der Waals surface area contributed by atoms with Crippen LogP contribution >= 0.6 is 0 Å². The van der Waals surface area contributed by atoms with Crippen LogP contribution in [0.5, 0.6) is 0 Å². The van der Waals surface area contributed by atoms with Crippen molar-refractivity contribution in [3.63, 3.8) is 0 Å². The quantitative estimate of drug-likeness (QED) is 0.0261. The summed E-state index contributed by atoms with van der Waals surface area (Å²) in [5.74, 6) is -0.172. The smallest absolute Gasteiger partial charge is 0.220 e. The van der Waals surface area contributed by atoms with Crippen LogP contribution in [0.15, 0.2) is 85.1 Å². The van der Waals surface area contributed by atoms with Crippen LogP contribution in [0.1, 0.15) is 380 Å². The molecule has 0 aliphatic carbocycles. The molecule has 0 aromatic rings. The Hall–Kier alpha value is -2.63. The van der Waals surface area contributed by atoms with E-state index in [2.05, 4.69) is 92.1 Å². The molecule has 6 N–H and O–H groups in total. The minimum Gasteiger partial charge on any atom is -0.394 e. The van der Waals surface area contributed by atoms with E-state index in [4.69, 9.17) is 9.47 Å². The Kier molecular flexibility index (Phi) is 67.6. The van der Waals surface area contributed by atoms with E-state index in [1.807, 2.05) is 6.08 Å². The number of carbonyl (C=O) groups excluding carboxylic acids is 1. The van der Waals surface area contributed by atoms with Crippen LogP contribution in [0.25, 0.3) is 0 Å². The number of carbonyl (C=O) groups is 1. The van der Waals surface area contributed by atoms with E-state index < -0.39 is 49.5 Å². The number of aliphatic hydroxyl groups is 5. The van der Waals surface area contributed by atoms with E-state index in [-0.39, 0.29) is 12.5 Å². The lowest BCUT2D eigenvalue weighted by atomic mass is 9.99. The average Bonchev–Trinajstić information content (AvgIpc) is 1.00. The number of unbranched alkanes of at least 4 members (excludes halogenated alkanes) is 48. The summed E-state index contributed by atoms with van der Waals surface area (Å²) in [6.07, 6.45) is 95.8. The Bertz CT molecular complexity index is 1740. The van der Waals surface area contributed by atoms with Crippen molar-refractivity contribution in [1.29, 1.82) is 0 Å². The van der Waals surface area contributed by atoms with Gasteiger partial charge in [0, 0.05) is 6.42 Å². The monoisotopic (exact) mass is 1290 g/mol. The lowest BCUT2D eigenvalue weighted by Crippen LogP contribution is -2.60. The molecule has 9 heteroatoms. The minimum absolute atomic E-state index is 0.172. The summed E-state index contributed by atoms with van der Waals surface area (Å²) in [6, 6.07) is -0.810. The SMILES string of the molecule is CC/C=C\C/C=C\C/C=C\C/C=C\C/C=C\C/C=C\CCCCCCCCCCCCCCCCCCCCC(=O)NC(COC1OC(CO)C(O)C(O)C1O)C(O)/C=C/CCCCCCCCCCCCCCCCCCCCCCCCCCCCCCCC. The molecule has 0 saturated carbocycles. The number of rotatable bonds is 70. The highest BCUT2D eigenvalue weighted by atomic mass is 16.7. The lowest BCUT2D eigenvalue weighted by Gasteiger charge is -2.40. The number of ether oxygens (including phenoxy) is 2. The maximum Gasteiger partial charge on any atom is 0.220 e. The summed E-state index contributed by atoms with van der Waals surface area (Å²) < 4.78 is 11.4. The molecule has 0 aromatic heterocycles. The largest absolute Gasteiger partial charge is 0.394 e. The van der Waals surface area contributed by atoms with Crippen LogP contribution in [-0.4, -0.2) is 87.5 Å². The minimum atomic E-state index is -1.57. The fourth-order valence-electron chi connectivity index (χ4n) is 12.6. The van der Waals surface area contributed by atoms with Crippen LogP contribution < -0.4 is 5.32 Å². The second-order valence-electron chi connectivity index (χ2n) is 27.5. The van der Waals surface area contributed by atoms with Crippen LogP contribution in [-0.2, 0) is 14.3 Å². The Morgan fingerprint density at radius 2 is 0.674 bits per heavy atom. The Morgan fingerprint density at radius 3 is 1.00 bits per heavy atom. The molecule has 1 heterocycles. The van der Waals surface area contributed by atoms with Gasteiger partial charge >= 0.3 is 0 Å². The fraction of sp³-hybridized carbons (Fsp3) is 0.819. The summed E-state index contributed by atoms with van der Waals surface area (Å²) in [7, 11) is 0. The van der Waals surface area contributed by atoms with Crippen LogP contribution in [0, 0.1) is 0 Å². The average molecular weight is 1290 g/mol. The van der Waals surface area contributed by atoms with Crippen molar-refractivity contribution in [2.75, 3.05) is 13.2 Å².